The number of hydrogen-bond acceptors (Lipinski definition) is 6. The zero-order valence-electron chi connectivity index (χ0n) is 17.6. The van der Waals surface area contributed by atoms with Crippen LogP contribution >= 0.6 is 0 Å². The Morgan fingerprint density at radius 3 is 2.90 bits per heavy atom. The summed E-state index contributed by atoms with van der Waals surface area (Å²) in [6.07, 6.45) is 7.20. The van der Waals surface area contributed by atoms with Gasteiger partial charge in [-0.15, -0.1) is 0 Å². The number of fused-ring (bicyclic) bond motifs is 1. The van der Waals surface area contributed by atoms with Crippen molar-refractivity contribution in [3.05, 3.63) is 42.1 Å². The Labute approximate surface area is 172 Å². The van der Waals surface area contributed by atoms with Crippen molar-refractivity contribution in [1.29, 1.82) is 0 Å². The molecule has 0 bridgehead atoms. The quantitative estimate of drug-likeness (QED) is 0.692. The molecule has 0 amide bonds. The van der Waals surface area contributed by atoms with Gasteiger partial charge in [-0.05, 0) is 51.3 Å². The summed E-state index contributed by atoms with van der Waals surface area (Å²) in [6.45, 7) is 7.46. The van der Waals surface area contributed by atoms with E-state index in [1.54, 1.807) is 0 Å². The Kier molecular flexibility index (Phi) is 5.94. The van der Waals surface area contributed by atoms with Gasteiger partial charge in [0.05, 0.1) is 24.4 Å². The third-order valence-corrected chi connectivity index (χ3v) is 5.64. The maximum absolute atomic E-state index is 5.62. The molecule has 4 rings (SSSR count). The fourth-order valence-electron chi connectivity index (χ4n) is 3.95. The average molecular weight is 395 g/mol. The van der Waals surface area contributed by atoms with Crippen LogP contribution in [0.2, 0.25) is 0 Å². The molecule has 1 aliphatic heterocycles. The highest BCUT2D eigenvalue weighted by Gasteiger charge is 2.20. The van der Waals surface area contributed by atoms with E-state index in [-0.39, 0.29) is 0 Å². The van der Waals surface area contributed by atoms with Gasteiger partial charge in [0, 0.05) is 44.0 Å². The van der Waals surface area contributed by atoms with E-state index in [9.17, 15) is 0 Å². The number of aromatic nitrogens is 4. The van der Waals surface area contributed by atoms with E-state index >= 15 is 0 Å². The van der Waals surface area contributed by atoms with E-state index in [1.165, 1.54) is 0 Å². The molecule has 1 aromatic carbocycles. The van der Waals surface area contributed by atoms with Crippen LogP contribution in [0.25, 0.3) is 10.9 Å². The molecule has 1 fully saturated rings. The van der Waals surface area contributed by atoms with Crippen molar-refractivity contribution in [1.82, 2.24) is 24.8 Å². The Hall–Kier alpha value is -2.67. The van der Waals surface area contributed by atoms with Crippen molar-refractivity contribution < 1.29 is 4.74 Å². The normalized spacial score (nSPS) is 17.5. The first kappa shape index (κ1) is 19.6. The molecular formula is C22H30N6O. The molecule has 1 aliphatic rings. The first-order valence-corrected chi connectivity index (χ1v) is 10.5. The van der Waals surface area contributed by atoms with Crippen molar-refractivity contribution >= 4 is 16.9 Å². The minimum atomic E-state index is 0.493. The van der Waals surface area contributed by atoms with E-state index in [0.717, 1.165) is 73.0 Å². The predicted octanol–water partition coefficient (Wildman–Crippen LogP) is 3.22. The molecule has 1 atom stereocenters. The van der Waals surface area contributed by atoms with Gasteiger partial charge in [-0.3, -0.25) is 0 Å². The number of anilines is 1. The Morgan fingerprint density at radius 2 is 2.10 bits per heavy atom. The number of nitrogens with zero attached hydrogens (tertiary/aromatic N) is 5. The molecule has 1 saturated heterocycles. The monoisotopic (exact) mass is 394 g/mol. The average Bonchev–Trinajstić information content (AvgIpc) is 2.98. The summed E-state index contributed by atoms with van der Waals surface area (Å²) in [5.41, 5.74) is 1.98. The zero-order valence-corrected chi connectivity index (χ0v) is 17.6. The number of imidazole rings is 1. The van der Waals surface area contributed by atoms with Crippen molar-refractivity contribution in [3.63, 3.8) is 0 Å². The molecule has 154 valence electrons. The second-order valence-corrected chi connectivity index (χ2v) is 7.67. The summed E-state index contributed by atoms with van der Waals surface area (Å²) < 4.78 is 7.69. The van der Waals surface area contributed by atoms with E-state index in [1.807, 2.05) is 44.6 Å². The van der Waals surface area contributed by atoms with E-state index in [2.05, 4.69) is 26.7 Å². The van der Waals surface area contributed by atoms with Gasteiger partial charge in [-0.2, -0.15) is 0 Å². The highest BCUT2D eigenvalue weighted by atomic mass is 16.5. The second kappa shape index (κ2) is 8.78. The molecule has 3 aromatic rings. The van der Waals surface area contributed by atoms with E-state index < -0.39 is 0 Å². The zero-order chi connectivity index (χ0) is 20.2. The molecule has 3 heterocycles. The number of ether oxygens (including phenoxy) is 1. The highest BCUT2D eigenvalue weighted by Crippen LogP contribution is 2.25. The van der Waals surface area contributed by atoms with Crippen molar-refractivity contribution in [3.8, 4) is 5.75 Å². The van der Waals surface area contributed by atoms with Crippen molar-refractivity contribution in [2.24, 2.45) is 7.05 Å². The maximum atomic E-state index is 5.62. The molecule has 7 nitrogen and oxygen atoms in total. The fourth-order valence-corrected chi connectivity index (χ4v) is 3.95. The van der Waals surface area contributed by atoms with Crippen LogP contribution in [-0.2, 0) is 13.6 Å². The van der Waals surface area contributed by atoms with Gasteiger partial charge in [-0.1, -0.05) is 0 Å². The summed E-state index contributed by atoms with van der Waals surface area (Å²) in [5, 5.41) is 4.73. The summed E-state index contributed by atoms with van der Waals surface area (Å²) in [4.78, 5) is 16.4. The van der Waals surface area contributed by atoms with Crippen LogP contribution in [0.5, 0.6) is 5.75 Å². The van der Waals surface area contributed by atoms with Crippen LogP contribution in [0, 0.1) is 6.92 Å². The van der Waals surface area contributed by atoms with Crippen molar-refractivity contribution in [2.75, 3.05) is 24.6 Å². The SMILES string of the molecule is CCOc1ccc2nc(N3CCCC(NCc4nccn4C)CC3)nc(C)c2c1. The second-order valence-electron chi connectivity index (χ2n) is 7.67. The fraction of sp³-hybridized carbons (Fsp3) is 0.500. The number of benzene rings is 1. The van der Waals surface area contributed by atoms with Gasteiger partial charge >= 0.3 is 0 Å². The lowest BCUT2D eigenvalue weighted by Crippen LogP contribution is -2.32. The predicted molar refractivity (Wildman–Crippen MR) is 115 cm³/mol. The van der Waals surface area contributed by atoms with Gasteiger partial charge in [0.1, 0.15) is 11.6 Å². The summed E-state index contributed by atoms with van der Waals surface area (Å²) in [6, 6.07) is 6.56. The molecular weight excluding hydrogens is 364 g/mol. The molecule has 0 aliphatic carbocycles. The maximum Gasteiger partial charge on any atom is 0.226 e. The van der Waals surface area contributed by atoms with Crippen LogP contribution in [0.15, 0.2) is 30.6 Å². The first-order valence-electron chi connectivity index (χ1n) is 10.5. The molecule has 0 saturated carbocycles. The molecule has 1 N–H and O–H groups in total. The number of aryl methyl sites for hydroxylation is 2. The topological polar surface area (TPSA) is 68.1 Å². The summed E-state index contributed by atoms with van der Waals surface area (Å²) in [5.74, 6) is 2.78. The number of hydrogen-bond donors (Lipinski definition) is 1. The molecule has 1 unspecified atom stereocenters. The molecule has 0 radical (unpaired) electrons. The first-order chi connectivity index (χ1) is 14.1. The molecule has 0 spiro atoms. The lowest BCUT2D eigenvalue weighted by atomic mass is 10.1. The Morgan fingerprint density at radius 1 is 1.21 bits per heavy atom. The Balaban J connectivity index is 1.44. The minimum Gasteiger partial charge on any atom is -0.494 e. The van der Waals surface area contributed by atoms with Crippen LogP contribution in [-0.4, -0.2) is 45.3 Å². The van der Waals surface area contributed by atoms with Crippen LogP contribution in [0.1, 0.15) is 37.7 Å². The summed E-state index contributed by atoms with van der Waals surface area (Å²) >= 11 is 0. The number of nitrogens with one attached hydrogen (secondary N) is 1. The molecule has 7 heteroatoms. The Bertz CT molecular complexity index is 969. The molecule has 2 aromatic heterocycles. The van der Waals surface area contributed by atoms with Crippen LogP contribution in [0.4, 0.5) is 5.95 Å². The van der Waals surface area contributed by atoms with Gasteiger partial charge in [0.25, 0.3) is 0 Å². The van der Waals surface area contributed by atoms with Crippen LogP contribution in [0.3, 0.4) is 0 Å². The lowest BCUT2D eigenvalue weighted by Gasteiger charge is -2.22. The third kappa shape index (κ3) is 4.50. The van der Waals surface area contributed by atoms with E-state index in [0.29, 0.717) is 12.6 Å². The van der Waals surface area contributed by atoms with Gasteiger partial charge in [-0.25, -0.2) is 15.0 Å². The standard InChI is InChI=1S/C22H30N6O/c1-4-29-18-7-8-20-19(14-18)16(2)25-22(26-20)28-11-5-6-17(9-12-28)24-15-21-23-10-13-27(21)3/h7-8,10,13-14,17,24H,4-6,9,11-12,15H2,1-3H3. The minimum absolute atomic E-state index is 0.493. The smallest absolute Gasteiger partial charge is 0.226 e. The van der Waals surface area contributed by atoms with Gasteiger partial charge in [0.15, 0.2) is 0 Å². The molecule has 29 heavy (non-hydrogen) atoms. The van der Waals surface area contributed by atoms with Crippen molar-refractivity contribution in [2.45, 2.75) is 45.7 Å². The van der Waals surface area contributed by atoms with Gasteiger partial charge < -0.3 is 19.5 Å². The summed E-state index contributed by atoms with van der Waals surface area (Å²) in [7, 11) is 2.04. The third-order valence-electron chi connectivity index (χ3n) is 5.64. The van der Waals surface area contributed by atoms with Gasteiger partial charge in [0.2, 0.25) is 5.95 Å². The largest absolute Gasteiger partial charge is 0.494 e. The number of rotatable bonds is 6. The highest BCUT2D eigenvalue weighted by molar-refractivity contribution is 5.83. The van der Waals surface area contributed by atoms with E-state index in [4.69, 9.17) is 14.7 Å². The lowest BCUT2D eigenvalue weighted by molar-refractivity contribution is 0.340. The van der Waals surface area contributed by atoms with Crippen LogP contribution < -0.4 is 15.0 Å².